The molecule has 0 heterocycles. The molecule has 0 radical (unpaired) electrons. The van der Waals surface area contributed by atoms with E-state index < -0.39 is 0 Å². The van der Waals surface area contributed by atoms with E-state index in [9.17, 15) is 0 Å². The van der Waals surface area contributed by atoms with Crippen LogP contribution in [0, 0.1) is 0 Å². The zero-order valence-corrected chi connectivity index (χ0v) is 13.8. The fourth-order valence-electron chi connectivity index (χ4n) is 2.84. The molecule has 0 aliphatic heterocycles. The fraction of sp³-hybridized carbons (Fsp3) is 0.800. The molecular formula is C15H28ClN2+. The van der Waals surface area contributed by atoms with Crippen molar-refractivity contribution < 1.29 is 0 Å². The molecule has 0 saturated carbocycles. The lowest BCUT2D eigenvalue weighted by molar-refractivity contribution is 0.429. The summed E-state index contributed by atoms with van der Waals surface area (Å²) < 4.78 is 2.41. The lowest BCUT2D eigenvalue weighted by atomic mass is 10.2. The summed E-state index contributed by atoms with van der Waals surface area (Å²) in [7, 11) is 0. The van der Waals surface area contributed by atoms with Gasteiger partial charge in [-0.15, -0.1) is 0 Å². The van der Waals surface area contributed by atoms with E-state index in [0.29, 0.717) is 24.2 Å². The van der Waals surface area contributed by atoms with E-state index in [1.165, 1.54) is 11.0 Å². The van der Waals surface area contributed by atoms with Crippen LogP contribution >= 0.6 is 11.6 Å². The number of hydrogen-bond donors (Lipinski definition) is 0. The summed E-state index contributed by atoms with van der Waals surface area (Å²) in [4.78, 5) is 2.41. The second-order valence-electron chi connectivity index (χ2n) is 6.20. The van der Waals surface area contributed by atoms with Crippen LogP contribution in [0.5, 0.6) is 0 Å². The van der Waals surface area contributed by atoms with Gasteiger partial charge in [0.05, 0.1) is 0 Å². The molecule has 0 saturated heterocycles. The molecular weight excluding hydrogens is 244 g/mol. The lowest BCUT2D eigenvalue weighted by Gasteiger charge is -2.29. The molecule has 0 amide bonds. The zero-order valence-electron chi connectivity index (χ0n) is 13.1. The molecule has 0 aliphatic rings. The predicted molar refractivity (Wildman–Crippen MR) is 82.1 cm³/mol. The van der Waals surface area contributed by atoms with Crippen molar-refractivity contribution in [1.29, 1.82) is 0 Å². The minimum atomic E-state index is 0.479. The summed E-state index contributed by atoms with van der Waals surface area (Å²) in [5.41, 5.74) is 1.25. The number of nitrogens with zero attached hydrogens (tertiary/aromatic N) is 2. The summed E-state index contributed by atoms with van der Waals surface area (Å²) >= 11 is 6.44. The molecule has 0 fully saturated rings. The minimum Gasteiger partial charge on any atom is -0.360 e. The van der Waals surface area contributed by atoms with Crippen LogP contribution in [0.3, 0.4) is 0 Å². The van der Waals surface area contributed by atoms with E-state index in [-0.39, 0.29) is 0 Å². The predicted octanol–water partition coefficient (Wildman–Crippen LogP) is 3.43. The molecule has 1 aromatic rings. The Kier molecular flexibility index (Phi) is 4.88. The molecule has 0 aromatic heterocycles. The molecule has 0 unspecified atom stereocenters. The molecule has 0 bridgehead atoms. The highest BCUT2D eigenvalue weighted by Gasteiger charge is 2.36. The normalized spacial score (nSPS) is 12.5. The van der Waals surface area contributed by atoms with Crippen molar-refractivity contribution in [2.45, 2.75) is 79.6 Å². The minimum absolute atomic E-state index is 0.479. The van der Waals surface area contributed by atoms with Crippen LogP contribution in [-0.2, 0) is 0 Å². The third-order valence-electron chi connectivity index (χ3n) is 3.32. The molecule has 2 nitrogen and oxygen atoms in total. The molecule has 0 atom stereocenters. The Morgan fingerprint density at radius 3 is 1.50 bits per heavy atom. The van der Waals surface area contributed by atoms with E-state index in [0.717, 1.165) is 5.02 Å². The third kappa shape index (κ3) is 2.90. The molecule has 0 spiro atoms. The molecule has 1 aromatic carbocycles. The molecule has 1 rings (SSSR count). The SMILES string of the molecule is CC(C)N(c1c(Cl)c1=[N+](C(C)C)C(C)C)C(C)C. The topological polar surface area (TPSA) is 6.25 Å². The smallest absolute Gasteiger partial charge is 0.247 e. The van der Waals surface area contributed by atoms with E-state index in [4.69, 9.17) is 11.6 Å². The number of halogens is 1. The van der Waals surface area contributed by atoms with Crippen LogP contribution < -0.4 is 14.8 Å². The van der Waals surface area contributed by atoms with Gasteiger partial charge in [0.15, 0.2) is 0 Å². The van der Waals surface area contributed by atoms with Crippen molar-refractivity contribution in [1.82, 2.24) is 4.58 Å². The highest BCUT2D eigenvalue weighted by atomic mass is 35.5. The zero-order chi connectivity index (χ0) is 14.2. The summed E-state index contributed by atoms with van der Waals surface area (Å²) in [6, 6.07) is 1.92. The van der Waals surface area contributed by atoms with E-state index in [1.807, 2.05) is 0 Å². The van der Waals surface area contributed by atoms with Gasteiger partial charge in [-0.05, 0) is 55.4 Å². The molecule has 0 aliphatic carbocycles. The van der Waals surface area contributed by atoms with Gasteiger partial charge in [0, 0.05) is 12.1 Å². The first-order chi connectivity index (χ1) is 8.20. The Labute approximate surface area is 117 Å². The van der Waals surface area contributed by atoms with Crippen LogP contribution in [0.2, 0.25) is 5.02 Å². The third-order valence-corrected chi connectivity index (χ3v) is 3.68. The Bertz CT molecular complexity index is 403. The van der Waals surface area contributed by atoms with Crippen molar-refractivity contribution >= 4 is 17.3 Å². The summed E-state index contributed by atoms with van der Waals surface area (Å²) in [6.07, 6.45) is 0. The van der Waals surface area contributed by atoms with Crippen molar-refractivity contribution in [3.8, 4) is 0 Å². The van der Waals surface area contributed by atoms with Gasteiger partial charge in [-0.25, -0.2) is 4.58 Å². The molecule has 18 heavy (non-hydrogen) atoms. The van der Waals surface area contributed by atoms with Crippen LogP contribution in [0.25, 0.3) is 0 Å². The Morgan fingerprint density at radius 1 is 0.833 bits per heavy atom. The Balaban J connectivity index is 3.28. The average molecular weight is 272 g/mol. The van der Waals surface area contributed by atoms with Crippen molar-refractivity contribution in [2.75, 3.05) is 4.90 Å². The Hall–Kier alpha value is -0.500. The monoisotopic (exact) mass is 271 g/mol. The van der Waals surface area contributed by atoms with Crippen LogP contribution in [0.1, 0.15) is 55.4 Å². The first-order valence-electron chi connectivity index (χ1n) is 7.04. The quantitative estimate of drug-likeness (QED) is 0.744. The van der Waals surface area contributed by atoms with Crippen LogP contribution in [-0.4, -0.2) is 24.2 Å². The van der Waals surface area contributed by atoms with E-state index in [1.54, 1.807) is 0 Å². The van der Waals surface area contributed by atoms with Gasteiger partial charge in [-0.1, -0.05) is 11.6 Å². The number of hydrogen-bond acceptors (Lipinski definition) is 1. The van der Waals surface area contributed by atoms with Crippen LogP contribution in [0.15, 0.2) is 0 Å². The molecule has 3 heteroatoms. The summed E-state index contributed by atoms with van der Waals surface area (Å²) in [6.45, 7) is 17.8. The van der Waals surface area contributed by atoms with E-state index in [2.05, 4.69) is 64.9 Å². The van der Waals surface area contributed by atoms with Gasteiger partial charge in [-0.2, -0.15) is 0 Å². The summed E-state index contributed by atoms with van der Waals surface area (Å²) in [5, 5.41) is 2.21. The van der Waals surface area contributed by atoms with Gasteiger partial charge in [0.2, 0.25) is 5.36 Å². The van der Waals surface area contributed by atoms with Gasteiger partial charge in [-0.3, -0.25) is 0 Å². The second-order valence-corrected chi connectivity index (χ2v) is 6.58. The largest absolute Gasteiger partial charge is 0.360 e. The van der Waals surface area contributed by atoms with Gasteiger partial charge < -0.3 is 4.90 Å². The lowest BCUT2D eigenvalue weighted by Crippen LogP contribution is -2.41. The first kappa shape index (κ1) is 15.6. The maximum Gasteiger partial charge on any atom is 0.247 e. The summed E-state index contributed by atoms with van der Waals surface area (Å²) in [5.74, 6) is 0. The van der Waals surface area contributed by atoms with Gasteiger partial charge >= 0.3 is 0 Å². The maximum atomic E-state index is 6.44. The molecule has 104 valence electrons. The molecule has 0 N–H and O–H groups in total. The number of rotatable bonds is 5. The van der Waals surface area contributed by atoms with E-state index >= 15 is 0 Å². The fourth-order valence-corrected chi connectivity index (χ4v) is 3.17. The van der Waals surface area contributed by atoms with Crippen molar-refractivity contribution in [3.63, 3.8) is 0 Å². The maximum absolute atomic E-state index is 6.44. The van der Waals surface area contributed by atoms with Gasteiger partial charge in [0.25, 0.3) is 0 Å². The highest BCUT2D eigenvalue weighted by Crippen LogP contribution is 2.31. The average Bonchev–Trinajstić information content (AvgIpc) is 2.76. The first-order valence-corrected chi connectivity index (χ1v) is 7.42. The number of anilines is 1. The van der Waals surface area contributed by atoms with Crippen molar-refractivity contribution in [2.24, 2.45) is 0 Å². The Morgan fingerprint density at radius 2 is 1.22 bits per heavy atom. The standard InChI is InChI=1S/C15H28ClN2/c1-9(2)17(10(3)4)14-13(16)15(14)18(11(5)6)12(7)8/h9-12H,1-8H3/q+1. The highest BCUT2D eigenvalue weighted by molar-refractivity contribution is 6.36. The van der Waals surface area contributed by atoms with Crippen LogP contribution in [0.4, 0.5) is 5.69 Å². The van der Waals surface area contributed by atoms with Gasteiger partial charge in [0.1, 0.15) is 22.8 Å². The second kappa shape index (κ2) is 5.64. The van der Waals surface area contributed by atoms with Crippen molar-refractivity contribution in [3.05, 3.63) is 10.4 Å².